The maximum absolute atomic E-state index is 4.14. The zero-order valence-electron chi connectivity index (χ0n) is 7.94. The Morgan fingerprint density at radius 1 is 1.45 bits per heavy atom. The van der Waals surface area contributed by atoms with Crippen molar-refractivity contribution in [1.82, 2.24) is 0 Å². The molecule has 0 aromatic heterocycles. The van der Waals surface area contributed by atoms with E-state index in [1.807, 2.05) is 0 Å². The van der Waals surface area contributed by atoms with Gasteiger partial charge < -0.3 is 0 Å². The number of rotatable bonds is 3. The monoisotopic (exact) mass is 151 g/mol. The predicted octanol–water partition coefficient (Wildman–Crippen LogP) is 2.99. The Balaban J connectivity index is 4.45. The van der Waals surface area contributed by atoms with Gasteiger partial charge in [0.1, 0.15) is 0 Å². The fraction of sp³-hybridized carbons (Fsp3) is 0.500. The maximum Gasteiger partial charge on any atom is 0.0596 e. The molecular formula is C10H17N. The third kappa shape index (κ3) is 3.76. The highest BCUT2D eigenvalue weighted by Crippen LogP contribution is 2.03. The Kier molecular flexibility index (Phi) is 4.51. The summed E-state index contributed by atoms with van der Waals surface area (Å²) in [6.45, 7) is 10.1. The zero-order valence-corrected chi connectivity index (χ0v) is 7.94. The van der Waals surface area contributed by atoms with Crippen LogP contribution in [0.3, 0.4) is 0 Å². The Hall–Kier alpha value is -0.850. The standard InChI is InChI=1S/C10H17N/c1-6-9(4)10(11-5)7-8(2)3/h7H,4,6H2,1-3,5H3. The number of nitrogens with zero attached hydrogens (tertiary/aromatic N) is 1. The van der Waals surface area contributed by atoms with Gasteiger partial charge in [-0.1, -0.05) is 19.1 Å². The second kappa shape index (κ2) is 4.89. The summed E-state index contributed by atoms with van der Waals surface area (Å²) >= 11 is 0. The summed E-state index contributed by atoms with van der Waals surface area (Å²) in [4.78, 5) is 4.14. The number of allylic oxidation sites excluding steroid dienone is 3. The van der Waals surface area contributed by atoms with Gasteiger partial charge in [-0.2, -0.15) is 0 Å². The maximum atomic E-state index is 4.14. The van der Waals surface area contributed by atoms with E-state index in [1.165, 1.54) is 5.57 Å². The normalized spacial score (nSPS) is 11.1. The fourth-order valence-electron chi connectivity index (χ4n) is 0.779. The van der Waals surface area contributed by atoms with E-state index in [-0.39, 0.29) is 0 Å². The molecule has 0 saturated carbocycles. The summed E-state index contributed by atoms with van der Waals surface area (Å²) in [5.74, 6) is 0. The van der Waals surface area contributed by atoms with Crippen LogP contribution in [0.25, 0.3) is 0 Å². The molecule has 0 aromatic rings. The van der Waals surface area contributed by atoms with Crippen molar-refractivity contribution >= 4 is 5.71 Å². The van der Waals surface area contributed by atoms with E-state index >= 15 is 0 Å². The van der Waals surface area contributed by atoms with Crippen molar-refractivity contribution in [1.29, 1.82) is 0 Å². The second-order valence-electron chi connectivity index (χ2n) is 2.79. The van der Waals surface area contributed by atoms with Gasteiger partial charge >= 0.3 is 0 Å². The molecule has 0 atom stereocenters. The minimum atomic E-state index is 0.969. The third-order valence-corrected chi connectivity index (χ3v) is 1.46. The quantitative estimate of drug-likeness (QED) is 0.550. The van der Waals surface area contributed by atoms with E-state index in [2.05, 4.69) is 38.4 Å². The molecule has 0 rings (SSSR count). The molecule has 11 heavy (non-hydrogen) atoms. The Bertz CT molecular complexity index is 193. The lowest BCUT2D eigenvalue weighted by molar-refractivity contribution is 1.17. The minimum absolute atomic E-state index is 0.969. The first-order valence-corrected chi connectivity index (χ1v) is 3.91. The van der Waals surface area contributed by atoms with Crippen molar-refractivity contribution in [2.75, 3.05) is 7.05 Å². The highest BCUT2D eigenvalue weighted by Gasteiger charge is 1.96. The van der Waals surface area contributed by atoms with Crippen LogP contribution in [0.4, 0.5) is 0 Å². The molecule has 0 N–H and O–H groups in total. The molecule has 0 unspecified atom stereocenters. The molecule has 1 heteroatoms. The van der Waals surface area contributed by atoms with Crippen molar-refractivity contribution in [3.63, 3.8) is 0 Å². The SMILES string of the molecule is C=C(CC)C(C=C(C)C)=NC. The minimum Gasteiger partial charge on any atom is -0.288 e. The molecule has 0 fully saturated rings. The van der Waals surface area contributed by atoms with E-state index in [0.717, 1.165) is 17.7 Å². The van der Waals surface area contributed by atoms with E-state index < -0.39 is 0 Å². The van der Waals surface area contributed by atoms with Gasteiger partial charge in [0.05, 0.1) is 5.71 Å². The molecule has 0 spiro atoms. The molecule has 0 aliphatic carbocycles. The van der Waals surface area contributed by atoms with E-state index in [0.29, 0.717) is 0 Å². The summed E-state index contributed by atoms with van der Waals surface area (Å²) < 4.78 is 0. The topological polar surface area (TPSA) is 12.4 Å². The lowest BCUT2D eigenvalue weighted by Crippen LogP contribution is -1.97. The average molecular weight is 151 g/mol. The molecule has 1 nitrogen and oxygen atoms in total. The van der Waals surface area contributed by atoms with Gasteiger partial charge in [-0.15, -0.1) is 0 Å². The van der Waals surface area contributed by atoms with Gasteiger partial charge in [-0.05, 0) is 31.9 Å². The molecule has 0 aliphatic rings. The fourth-order valence-corrected chi connectivity index (χ4v) is 0.779. The summed E-state index contributed by atoms with van der Waals surface area (Å²) in [7, 11) is 1.80. The van der Waals surface area contributed by atoms with Gasteiger partial charge in [0.2, 0.25) is 0 Å². The summed E-state index contributed by atoms with van der Waals surface area (Å²) in [5.41, 5.74) is 3.39. The first-order valence-electron chi connectivity index (χ1n) is 3.91. The smallest absolute Gasteiger partial charge is 0.0596 e. The first kappa shape index (κ1) is 10.2. The Morgan fingerprint density at radius 2 is 2.00 bits per heavy atom. The van der Waals surface area contributed by atoms with E-state index in [4.69, 9.17) is 0 Å². The van der Waals surface area contributed by atoms with Crippen LogP contribution in [0.1, 0.15) is 27.2 Å². The van der Waals surface area contributed by atoms with Crippen LogP contribution in [-0.4, -0.2) is 12.8 Å². The number of aliphatic imine (C=N–C) groups is 1. The van der Waals surface area contributed by atoms with E-state index in [9.17, 15) is 0 Å². The summed E-state index contributed by atoms with van der Waals surface area (Å²) in [6, 6.07) is 0. The number of hydrogen-bond acceptors (Lipinski definition) is 1. The average Bonchev–Trinajstić information content (AvgIpc) is 1.98. The highest BCUT2D eigenvalue weighted by molar-refractivity contribution is 6.08. The van der Waals surface area contributed by atoms with Crippen molar-refractivity contribution in [2.45, 2.75) is 27.2 Å². The van der Waals surface area contributed by atoms with Gasteiger partial charge in [0, 0.05) is 7.05 Å². The molecule has 0 aromatic carbocycles. The second-order valence-corrected chi connectivity index (χ2v) is 2.79. The summed E-state index contributed by atoms with van der Waals surface area (Å²) in [5, 5.41) is 0. The van der Waals surface area contributed by atoms with Crippen LogP contribution >= 0.6 is 0 Å². The lowest BCUT2D eigenvalue weighted by atomic mass is 10.1. The van der Waals surface area contributed by atoms with Crippen molar-refractivity contribution < 1.29 is 0 Å². The van der Waals surface area contributed by atoms with Crippen molar-refractivity contribution in [2.24, 2.45) is 4.99 Å². The van der Waals surface area contributed by atoms with Crippen LogP contribution in [-0.2, 0) is 0 Å². The zero-order chi connectivity index (χ0) is 8.85. The van der Waals surface area contributed by atoms with Gasteiger partial charge in [-0.25, -0.2) is 0 Å². The van der Waals surface area contributed by atoms with Gasteiger partial charge in [-0.3, -0.25) is 4.99 Å². The molecule has 0 heterocycles. The van der Waals surface area contributed by atoms with Crippen LogP contribution in [0, 0.1) is 0 Å². The molecular weight excluding hydrogens is 134 g/mol. The molecule has 0 radical (unpaired) electrons. The lowest BCUT2D eigenvalue weighted by Gasteiger charge is -2.01. The molecule has 0 bridgehead atoms. The molecule has 62 valence electrons. The molecule has 0 amide bonds. The Morgan fingerprint density at radius 3 is 2.27 bits per heavy atom. The molecule has 0 saturated heterocycles. The van der Waals surface area contributed by atoms with Gasteiger partial charge in [0.25, 0.3) is 0 Å². The first-order chi connectivity index (χ1) is 5.11. The molecule has 0 aliphatic heterocycles. The number of hydrogen-bond donors (Lipinski definition) is 0. The summed E-state index contributed by atoms with van der Waals surface area (Å²) in [6.07, 6.45) is 3.03. The third-order valence-electron chi connectivity index (χ3n) is 1.46. The van der Waals surface area contributed by atoms with E-state index in [1.54, 1.807) is 7.05 Å². The van der Waals surface area contributed by atoms with Crippen LogP contribution in [0.2, 0.25) is 0 Å². The van der Waals surface area contributed by atoms with Crippen LogP contribution < -0.4 is 0 Å². The van der Waals surface area contributed by atoms with Crippen molar-refractivity contribution in [3.05, 3.63) is 23.8 Å². The van der Waals surface area contributed by atoms with Crippen molar-refractivity contribution in [3.8, 4) is 0 Å². The largest absolute Gasteiger partial charge is 0.288 e. The van der Waals surface area contributed by atoms with Crippen LogP contribution in [0.5, 0.6) is 0 Å². The predicted molar refractivity (Wildman–Crippen MR) is 52.2 cm³/mol. The highest BCUT2D eigenvalue weighted by atomic mass is 14.7. The van der Waals surface area contributed by atoms with Crippen LogP contribution in [0.15, 0.2) is 28.8 Å². The van der Waals surface area contributed by atoms with Gasteiger partial charge in [0.15, 0.2) is 0 Å². The Labute approximate surface area is 69.5 Å².